The summed E-state index contributed by atoms with van der Waals surface area (Å²) in [5, 5.41) is 0. The van der Waals surface area contributed by atoms with Crippen LogP contribution in [0.15, 0.2) is 23.8 Å². The molecule has 0 saturated heterocycles. The number of rotatable bonds is 5. The van der Waals surface area contributed by atoms with Crippen molar-refractivity contribution in [2.45, 2.75) is 46.5 Å². The minimum Gasteiger partial charge on any atom is -0.103 e. The molecule has 0 saturated carbocycles. The predicted octanol–water partition coefficient (Wildman–Crippen LogP) is 4.09. The molecule has 0 fully saturated rings. The summed E-state index contributed by atoms with van der Waals surface area (Å²) in [6.07, 6.45) is 6.83. The lowest BCUT2D eigenvalue weighted by Crippen LogP contribution is -1.83. The molecule has 0 aromatic heterocycles. The number of unbranched alkanes of at least 4 members (excludes halogenated alkanes) is 1. The van der Waals surface area contributed by atoms with Crippen molar-refractivity contribution in [2.24, 2.45) is 0 Å². The zero-order chi connectivity index (χ0) is 8.69. The summed E-state index contributed by atoms with van der Waals surface area (Å²) in [7, 11) is 0. The molecule has 0 spiro atoms. The number of hydrogen-bond donors (Lipinski definition) is 0. The van der Waals surface area contributed by atoms with Gasteiger partial charge >= 0.3 is 0 Å². The Bertz CT molecular complexity index is 140. The molecule has 0 bridgehead atoms. The Labute approximate surface area is 71.0 Å². The summed E-state index contributed by atoms with van der Waals surface area (Å²) in [6.45, 7) is 10.4. The molecule has 0 atom stereocenters. The summed E-state index contributed by atoms with van der Waals surface area (Å²) in [6, 6.07) is 0. The first-order chi connectivity index (χ1) is 5.22. The maximum atomic E-state index is 3.71. The molecule has 0 nitrogen and oxygen atoms in total. The molecular formula is C11H20. The Morgan fingerprint density at radius 3 is 2.36 bits per heavy atom. The van der Waals surface area contributed by atoms with Crippen molar-refractivity contribution in [1.29, 1.82) is 0 Å². The van der Waals surface area contributed by atoms with Crippen LogP contribution in [0.2, 0.25) is 0 Å². The van der Waals surface area contributed by atoms with Gasteiger partial charge in [0.2, 0.25) is 0 Å². The molecule has 0 aliphatic rings. The first kappa shape index (κ1) is 10.5. The van der Waals surface area contributed by atoms with Crippen molar-refractivity contribution >= 4 is 0 Å². The van der Waals surface area contributed by atoms with Crippen molar-refractivity contribution < 1.29 is 0 Å². The van der Waals surface area contributed by atoms with E-state index in [4.69, 9.17) is 0 Å². The summed E-state index contributed by atoms with van der Waals surface area (Å²) in [5.74, 6) is 0. The molecule has 0 heteroatoms. The Morgan fingerprint density at radius 2 is 1.91 bits per heavy atom. The van der Waals surface area contributed by atoms with Crippen LogP contribution in [0.25, 0.3) is 0 Å². The number of allylic oxidation sites excluding steroid dienone is 3. The van der Waals surface area contributed by atoms with Crippen molar-refractivity contribution in [2.75, 3.05) is 0 Å². The fraction of sp³-hybridized carbons (Fsp3) is 0.636. The van der Waals surface area contributed by atoms with Gasteiger partial charge in [0.1, 0.15) is 0 Å². The molecule has 0 radical (unpaired) electrons. The normalized spacial score (nSPS) is 12.6. The van der Waals surface area contributed by atoms with Gasteiger partial charge in [-0.15, -0.1) is 6.58 Å². The molecule has 11 heavy (non-hydrogen) atoms. The molecular weight excluding hydrogens is 132 g/mol. The smallest absolute Gasteiger partial charge is 0.0318 e. The summed E-state index contributed by atoms with van der Waals surface area (Å²) in [5.41, 5.74) is 3.11. The minimum absolute atomic E-state index is 1.15. The predicted molar refractivity (Wildman–Crippen MR) is 52.7 cm³/mol. The Kier molecular flexibility index (Phi) is 5.91. The summed E-state index contributed by atoms with van der Waals surface area (Å²) in [4.78, 5) is 0. The van der Waals surface area contributed by atoms with Crippen LogP contribution in [-0.2, 0) is 0 Å². The van der Waals surface area contributed by atoms with E-state index in [9.17, 15) is 0 Å². The van der Waals surface area contributed by atoms with Crippen LogP contribution in [0.1, 0.15) is 46.5 Å². The fourth-order valence-corrected chi connectivity index (χ4v) is 1.03. The maximum absolute atomic E-state index is 3.71. The monoisotopic (exact) mass is 152 g/mol. The van der Waals surface area contributed by atoms with Gasteiger partial charge in [0.25, 0.3) is 0 Å². The maximum Gasteiger partial charge on any atom is -0.0318 e. The summed E-state index contributed by atoms with van der Waals surface area (Å²) < 4.78 is 0. The van der Waals surface area contributed by atoms with Gasteiger partial charge in [-0.2, -0.15) is 0 Å². The standard InChI is InChI=1S/C11H20/c1-5-7-8-9-11(4)10(3)6-2/h5H,1,6-9H2,2-4H3. The lowest BCUT2D eigenvalue weighted by atomic mass is 10.0. The second-order valence-corrected chi connectivity index (χ2v) is 3.10. The van der Waals surface area contributed by atoms with Crippen molar-refractivity contribution in [3.63, 3.8) is 0 Å². The van der Waals surface area contributed by atoms with E-state index in [1.54, 1.807) is 11.1 Å². The lowest BCUT2D eigenvalue weighted by Gasteiger charge is -2.03. The van der Waals surface area contributed by atoms with E-state index >= 15 is 0 Å². The van der Waals surface area contributed by atoms with E-state index in [0.29, 0.717) is 0 Å². The van der Waals surface area contributed by atoms with Gasteiger partial charge in [0.15, 0.2) is 0 Å². The van der Waals surface area contributed by atoms with Crippen LogP contribution < -0.4 is 0 Å². The highest BCUT2D eigenvalue weighted by Gasteiger charge is 1.93. The zero-order valence-corrected chi connectivity index (χ0v) is 8.11. The Balaban J connectivity index is 3.66. The van der Waals surface area contributed by atoms with Crippen LogP contribution in [-0.4, -0.2) is 0 Å². The second kappa shape index (κ2) is 6.21. The summed E-state index contributed by atoms with van der Waals surface area (Å²) >= 11 is 0. The topological polar surface area (TPSA) is 0 Å². The highest BCUT2D eigenvalue weighted by Crippen LogP contribution is 2.13. The average molecular weight is 152 g/mol. The fourth-order valence-electron chi connectivity index (χ4n) is 1.03. The van der Waals surface area contributed by atoms with Gasteiger partial charge in [0, 0.05) is 0 Å². The van der Waals surface area contributed by atoms with E-state index in [0.717, 1.165) is 6.42 Å². The van der Waals surface area contributed by atoms with E-state index < -0.39 is 0 Å². The lowest BCUT2D eigenvalue weighted by molar-refractivity contribution is 0.816. The van der Waals surface area contributed by atoms with Crippen molar-refractivity contribution in [1.82, 2.24) is 0 Å². The van der Waals surface area contributed by atoms with E-state index in [-0.39, 0.29) is 0 Å². The van der Waals surface area contributed by atoms with E-state index in [1.807, 2.05) is 6.08 Å². The van der Waals surface area contributed by atoms with Gasteiger partial charge in [-0.25, -0.2) is 0 Å². The van der Waals surface area contributed by atoms with Crippen molar-refractivity contribution in [3.05, 3.63) is 23.8 Å². The third-order valence-corrected chi connectivity index (χ3v) is 2.22. The van der Waals surface area contributed by atoms with Gasteiger partial charge in [0.05, 0.1) is 0 Å². The minimum atomic E-state index is 1.15. The van der Waals surface area contributed by atoms with Crippen LogP contribution in [0.4, 0.5) is 0 Å². The van der Waals surface area contributed by atoms with Crippen LogP contribution in [0.3, 0.4) is 0 Å². The molecule has 0 heterocycles. The van der Waals surface area contributed by atoms with Crippen LogP contribution in [0, 0.1) is 0 Å². The average Bonchev–Trinajstić information content (AvgIpc) is 2.03. The van der Waals surface area contributed by atoms with Gasteiger partial charge in [-0.3, -0.25) is 0 Å². The molecule has 64 valence electrons. The first-order valence-corrected chi connectivity index (χ1v) is 4.48. The van der Waals surface area contributed by atoms with E-state index in [1.165, 1.54) is 19.3 Å². The molecule has 0 unspecified atom stereocenters. The third-order valence-electron chi connectivity index (χ3n) is 2.22. The Morgan fingerprint density at radius 1 is 1.27 bits per heavy atom. The highest BCUT2D eigenvalue weighted by atomic mass is 14.0. The quantitative estimate of drug-likeness (QED) is 0.411. The van der Waals surface area contributed by atoms with Crippen LogP contribution in [0.5, 0.6) is 0 Å². The molecule has 0 aliphatic heterocycles. The molecule has 0 rings (SSSR count). The van der Waals surface area contributed by atoms with Crippen molar-refractivity contribution in [3.8, 4) is 0 Å². The molecule has 0 aromatic carbocycles. The molecule has 0 N–H and O–H groups in total. The third kappa shape index (κ3) is 4.83. The first-order valence-electron chi connectivity index (χ1n) is 4.48. The molecule has 0 aromatic rings. The van der Waals surface area contributed by atoms with Gasteiger partial charge < -0.3 is 0 Å². The number of hydrogen-bond acceptors (Lipinski definition) is 0. The molecule has 0 amide bonds. The highest BCUT2D eigenvalue weighted by molar-refractivity contribution is 5.08. The van der Waals surface area contributed by atoms with E-state index in [2.05, 4.69) is 27.4 Å². The zero-order valence-electron chi connectivity index (χ0n) is 8.11. The largest absolute Gasteiger partial charge is 0.103 e. The van der Waals surface area contributed by atoms with Gasteiger partial charge in [-0.05, 0) is 39.5 Å². The van der Waals surface area contributed by atoms with Crippen LogP contribution >= 0.6 is 0 Å². The SMILES string of the molecule is C=CCCCC(C)=C(C)CC. The Hall–Kier alpha value is -0.520. The second-order valence-electron chi connectivity index (χ2n) is 3.10. The molecule has 0 aliphatic carbocycles. The van der Waals surface area contributed by atoms with Gasteiger partial charge in [-0.1, -0.05) is 24.1 Å².